The van der Waals surface area contributed by atoms with E-state index in [2.05, 4.69) is 9.80 Å². The summed E-state index contributed by atoms with van der Waals surface area (Å²) in [6, 6.07) is 0.475. The van der Waals surface area contributed by atoms with Crippen molar-refractivity contribution in [2.24, 2.45) is 5.92 Å². The average Bonchev–Trinajstić information content (AvgIpc) is 3.07. The highest BCUT2D eigenvalue weighted by atomic mass is 32.2. The molecule has 0 aromatic rings. The maximum atomic E-state index is 12.2. The van der Waals surface area contributed by atoms with Gasteiger partial charge in [0.1, 0.15) is 0 Å². The number of carbonyl (C=O) groups excluding carboxylic acids is 1. The summed E-state index contributed by atoms with van der Waals surface area (Å²) in [6.07, 6.45) is 6.10. The lowest BCUT2D eigenvalue weighted by Gasteiger charge is -2.25. The Hall–Kier alpha value is -0.660. The summed E-state index contributed by atoms with van der Waals surface area (Å²) in [6.45, 7) is 2.50. The van der Waals surface area contributed by atoms with E-state index >= 15 is 0 Å². The molecule has 2 fully saturated rings. The summed E-state index contributed by atoms with van der Waals surface area (Å²) < 4.78 is 24.8. The number of sulfonamides is 1. The minimum atomic E-state index is -3.11. The lowest BCUT2D eigenvalue weighted by Crippen LogP contribution is -2.35. The van der Waals surface area contributed by atoms with Gasteiger partial charge in [0.2, 0.25) is 15.9 Å². The van der Waals surface area contributed by atoms with E-state index in [-0.39, 0.29) is 5.75 Å². The van der Waals surface area contributed by atoms with Gasteiger partial charge in [-0.2, -0.15) is 0 Å². The highest BCUT2D eigenvalue weighted by Crippen LogP contribution is 2.29. The SMILES string of the molecule is CN(CCCS(=O)(=O)N(C)C)CC1CC(=O)N(C2CCCC2)C1. The molecule has 2 aliphatic rings. The topological polar surface area (TPSA) is 60.9 Å². The minimum Gasteiger partial charge on any atom is -0.339 e. The summed E-state index contributed by atoms with van der Waals surface area (Å²) in [5.74, 6) is 0.881. The second-order valence-corrected chi connectivity index (χ2v) is 9.57. The second kappa shape index (κ2) is 7.94. The van der Waals surface area contributed by atoms with Crippen LogP contribution in [0.25, 0.3) is 0 Å². The molecule has 1 aliphatic heterocycles. The standard InChI is InChI=1S/C16H31N3O3S/c1-17(2)23(21,22)10-6-9-18(3)12-14-11-16(20)19(13-14)15-7-4-5-8-15/h14-15H,4-13H2,1-3H3. The molecule has 23 heavy (non-hydrogen) atoms. The smallest absolute Gasteiger partial charge is 0.223 e. The highest BCUT2D eigenvalue weighted by Gasteiger charge is 2.35. The Morgan fingerprint density at radius 2 is 1.83 bits per heavy atom. The zero-order chi connectivity index (χ0) is 17.0. The molecule has 1 amide bonds. The number of nitrogens with zero attached hydrogens (tertiary/aromatic N) is 3. The Morgan fingerprint density at radius 3 is 2.43 bits per heavy atom. The van der Waals surface area contributed by atoms with Crippen LogP contribution in [0.2, 0.25) is 0 Å². The van der Waals surface area contributed by atoms with Crippen LogP contribution in [0.3, 0.4) is 0 Å². The molecule has 0 radical (unpaired) electrons. The number of hydrogen-bond acceptors (Lipinski definition) is 4. The predicted octanol–water partition coefficient (Wildman–Crippen LogP) is 0.991. The van der Waals surface area contributed by atoms with Gasteiger partial charge in [0, 0.05) is 39.6 Å². The van der Waals surface area contributed by atoms with E-state index in [1.54, 1.807) is 14.1 Å². The predicted molar refractivity (Wildman–Crippen MR) is 91.7 cm³/mol. The zero-order valence-corrected chi connectivity index (χ0v) is 15.5. The van der Waals surface area contributed by atoms with Gasteiger partial charge in [-0.1, -0.05) is 12.8 Å². The molecule has 1 heterocycles. The Labute approximate surface area is 140 Å². The molecule has 7 heteroatoms. The maximum Gasteiger partial charge on any atom is 0.223 e. The van der Waals surface area contributed by atoms with Crippen molar-refractivity contribution >= 4 is 15.9 Å². The van der Waals surface area contributed by atoms with Crippen molar-refractivity contribution in [2.45, 2.75) is 44.6 Å². The van der Waals surface area contributed by atoms with Crippen LogP contribution < -0.4 is 0 Å². The molecule has 1 aliphatic carbocycles. The number of hydrogen-bond donors (Lipinski definition) is 0. The van der Waals surface area contributed by atoms with Crippen molar-refractivity contribution in [3.63, 3.8) is 0 Å². The fraction of sp³-hybridized carbons (Fsp3) is 0.938. The van der Waals surface area contributed by atoms with Gasteiger partial charge in [0.25, 0.3) is 0 Å². The molecule has 0 bridgehead atoms. The molecule has 2 rings (SSSR count). The van der Waals surface area contributed by atoms with Crippen LogP contribution in [0.15, 0.2) is 0 Å². The molecule has 1 saturated heterocycles. The number of carbonyl (C=O) groups is 1. The molecule has 134 valence electrons. The van der Waals surface area contributed by atoms with Gasteiger partial charge in [0.05, 0.1) is 5.75 Å². The highest BCUT2D eigenvalue weighted by molar-refractivity contribution is 7.89. The van der Waals surface area contributed by atoms with E-state index in [1.165, 1.54) is 17.1 Å². The minimum absolute atomic E-state index is 0.183. The molecular formula is C16H31N3O3S. The van der Waals surface area contributed by atoms with Crippen LogP contribution in [0.1, 0.15) is 38.5 Å². The van der Waals surface area contributed by atoms with Gasteiger partial charge in [0.15, 0.2) is 0 Å². The molecule has 1 atom stereocenters. The molecule has 1 unspecified atom stereocenters. The average molecular weight is 346 g/mol. The van der Waals surface area contributed by atoms with E-state index in [4.69, 9.17) is 0 Å². The molecule has 1 saturated carbocycles. The van der Waals surface area contributed by atoms with Gasteiger partial charge in [-0.05, 0) is 38.8 Å². The lowest BCUT2D eigenvalue weighted by atomic mass is 10.1. The van der Waals surface area contributed by atoms with E-state index in [0.29, 0.717) is 30.7 Å². The maximum absolute atomic E-state index is 12.2. The fourth-order valence-corrected chi connectivity index (χ4v) is 4.59. The van der Waals surface area contributed by atoms with Crippen LogP contribution >= 0.6 is 0 Å². The van der Waals surface area contributed by atoms with Gasteiger partial charge in [-0.3, -0.25) is 4.79 Å². The van der Waals surface area contributed by atoms with Crippen LogP contribution in [0.4, 0.5) is 0 Å². The van der Waals surface area contributed by atoms with E-state index in [0.717, 1.165) is 32.5 Å². The first-order valence-electron chi connectivity index (χ1n) is 8.68. The summed E-state index contributed by atoms with van der Waals surface area (Å²) in [5.41, 5.74) is 0. The number of rotatable bonds is 8. The van der Waals surface area contributed by atoms with Crippen LogP contribution in [0.5, 0.6) is 0 Å². The van der Waals surface area contributed by atoms with Crippen LogP contribution in [-0.2, 0) is 14.8 Å². The first-order valence-corrected chi connectivity index (χ1v) is 10.3. The molecule has 6 nitrogen and oxygen atoms in total. The molecule has 0 spiro atoms. The fourth-order valence-electron chi connectivity index (χ4n) is 3.73. The largest absolute Gasteiger partial charge is 0.339 e. The summed E-state index contributed by atoms with van der Waals surface area (Å²) in [5, 5.41) is 0. The van der Waals surface area contributed by atoms with Crippen molar-refractivity contribution < 1.29 is 13.2 Å². The van der Waals surface area contributed by atoms with Gasteiger partial charge in [-0.15, -0.1) is 0 Å². The molecule has 0 aromatic heterocycles. The van der Waals surface area contributed by atoms with E-state index < -0.39 is 10.0 Å². The Bertz CT molecular complexity index is 501. The van der Waals surface area contributed by atoms with E-state index in [9.17, 15) is 13.2 Å². The third-order valence-corrected chi connectivity index (χ3v) is 6.99. The van der Waals surface area contributed by atoms with Crippen LogP contribution in [0, 0.1) is 5.92 Å². The van der Waals surface area contributed by atoms with Crippen molar-refractivity contribution in [3.8, 4) is 0 Å². The van der Waals surface area contributed by atoms with Gasteiger partial charge < -0.3 is 9.80 Å². The molecular weight excluding hydrogens is 314 g/mol. The summed E-state index contributed by atoms with van der Waals surface area (Å²) in [7, 11) is 2.05. The monoisotopic (exact) mass is 345 g/mol. The van der Waals surface area contributed by atoms with E-state index in [1.807, 2.05) is 7.05 Å². The first kappa shape index (κ1) is 18.7. The third-order valence-electron chi connectivity index (χ3n) is 5.07. The lowest BCUT2D eigenvalue weighted by molar-refractivity contribution is -0.129. The second-order valence-electron chi connectivity index (χ2n) is 7.27. The summed E-state index contributed by atoms with van der Waals surface area (Å²) >= 11 is 0. The normalized spacial score (nSPS) is 23.6. The van der Waals surface area contributed by atoms with Crippen molar-refractivity contribution in [1.82, 2.24) is 14.1 Å². The molecule has 0 N–H and O–H groups in total. The number of likely N-dealkylation sites (tertiary alicyclic amines) is 1. The van der Waals surface area contributed by atoms with Crippen molar-refractivity contribution in [1.29, 1.82) is 0 Å². The van der Waals surface area contributed by atoms with Crippen molar-refractivity contribution in [2.75, 3.05) is 46.5 Å². The Morgan fingerprint density at radius 1 is 1.17 bits per heavy atom. The molecule has 0 aromatic carbocycles. The summed E-state index contributed by atoms with van der Waals surface area (Å²) in [4.78, 5) is 16.5. The first-order chi connectivity index (χ1) is 10.8. The van der Waals surface area contributed by atoms with Crippen molar-refractivity contribution in [3.05, 3.63) is 0 Å². The third kappa shape index (κ3) is 5.16. The zero-order valence-electron chi connectivity index (χ0n) is 14.7. The van der Waals surface area contributed by atoms with Gasteiger partial charge >= 0.3 is 0 Å². The Kier molecular flexibility index (Phi) is 6.45. The number of amides is 1. The van der Waals surface area contributed by atoms with Gasteiger partial charge in [-0.25, -0.2) is 12.7 Å². The van der Waals surface area contributed by atoms with Crippen LogP contribution in [-0.4, -0.2) is 81.0 Å². The Balaban J connectivity index is 1.71. The quantitative estimate of drug-likeness (QED) is 0.658.